The van der Waals surface area contributed by atoms with Crippen LogP contribution in [0.15, 0.2) is 0 Å². The Morgan fingerprint density at radius 1 is 0.778 bits per heavy atom. The zero-order valence-corrected chi connectivity index (χ0v) is 17.6. The highest BCUT2D eigenvalue weighted by Crippen LogP contribution is 2.14. The highest BCUT2D eigenvalue weighted by Gasteiger charge is 2.04. The van der Waals surface area contributed by atoms with Gasteiger partial charge >= 0.3 is 5.97 Å². The molecule has 5 heteroatoms. The van der Waals surface area contributed by atoms with E-state index in [-0.39, 0.29) is 31.9 Å². The number of carbonyl (C=O) groups is 1. The van der Waals surface area contributed by atoms with Gasteiger partial charge in [0, 0.05) is 6.42 Å². The largest absolute Gasteiger partial charge is 0.463 e. The first-order valence-corrected chi connectivity index (χ1v) is 11.2. The summed E-state index contributed by atoms with van der Waals surface area (Å²) in [5, 5.41) is 18.5. The second-order valence-corrected chi connectivity index (χ2v) is 7.43. The molecule has 1 unspecified atom stereocenters. The first kappa shape index (κ1) is 26.4. The van der Waals surface area contributed by atoms with Crippen molar-refractivity contribution in [1.82, 2.24) is 0 Å². The van der Waals surface area contributed by atoms with Crippen molar-refractivity contribution in [3.8, 4) is 0 Å². The number of rotatable bonds is 21. The molecule has 0 rings (SSSR count). The van der Waals surface area contributed by atoms with E-state index in [9.17, 15) is 9.90 Å². The van der Waals surface area contributed by atoms with Crippen LogP contribution in [0.25, 0.3) is 0 Å². The Balaban J connectivity index is 3.21. The van der Waals surface area contributed by atoms with E-state index >= 15 is 0 Å². The van der Waals surface area contributed by atoms with Gasteiger partial charge in [0.25, 0.3) is 0 Å². The zero-order chi connectivity index (χ0) is 20.0. The van der Waals surface area contributed by atoms with Gasteiger partial charge < -0.3 is 19.7 Å². The summed E-state index contributed by atoms with van der Waals surface area (Å²) in [5.74, 6) is -0.157. The van der Waals surface area contributed by atoms with E-state index in [1.54, 1.807) is 0 Å². The molecule has 0 fully saturated rings. The average Bonchev–Trinajstić information content (AvgIpc) is 2.66. The summed E-state index contributed by atoms with van der Waals surface area (Å²) < 4.78 is 10.1. The second-order valence-electron chi connectivity index (χ2n) is 7.43. The van der Waals surface area contributed by atoms with Crippen molar-refractivity contribution in [2.45, 2.75) is 109 Å². The molecule has 5 nitrogen and oxygen atoms in total. The van der Waals surface area contributed by atoms with Gasteiger partial charge in [-0.2, -0.15) is 0 Å². The molecule has 162 valence electrons. The van der Waals surface area contributed by atoms with Crippen molar-refractivity contribution in [2.24, 2.45) is 0 Å². The number of carbonyl (C=O) groups excluding carboxylic acids is 1. The van der Waals surface area contributed by atoms with Crippen LogP contribution in [-0.2, 0) is 14.3 Å². The molecule has 0 heterocycles. The maximum absolute atomic E-state index is 11.5. The molecule has 0 saturated heterocycles. The third kappa shape index (κ3) is 21.5. The Hall–Kier alpha value is -0.650. The number of hydrogen-bond acceptors (Lipinski definition) is 5. The summed E-state index contributed by atoms with van der Waals surface area (Å²) >= 11 is 0. The number of esters is 1. The van der Waals surface area contributed by atoms with E-state index in [0.717, 1.165) is 32.1 Å². The van der Waals surface area contributed by atoms with E-state index < -0.39 is 0 Å². The molecule has 0 aliphatic rings. The minimum Gasteiger partial charge on any atom is -0.463 e. The molecule has 0 aliphatic heterocycles. The molecule has 0 aromatic carbocycles. The third-order valence-corrected chi connectivity index (χ3v) is 4.79. The third-order valence-electron chi connectivity index (χ3n) is 4.79. The van der Waals surface area contributed by atoms with Crippen LogP contribution in [-0.4, -0.2) is 48.7 Å². The van der Waals surface area contributed by atoms with Crippen molar-refractivity contribution in [3.63, 3.8) is 0 Å². The topological polar surface area (TPSA) is 76.0 Å². The monoisotopic (exact) mass is 388 g/mol. The Morgan fingerprint density at radius 2 is 1.33 bits per heavy atom. The van der Waals surface area contributed by atoms with Gasteiger partial charge in [-0.3, -0.25) is 4.79 Å². The molecule has 2 N–H and O–H groups in total. The van der Waals surface area contributed by atoms with Crippen molar-refractivity contribution < 1.29 is 24.5 Å². The van der Waals surface area contributed by atoms with Gasteiger partial charge in [0.2, 0.25) is 0 Å². The number of unbranched alkanes of at least 4 members (excludes halogenated alkanes) is 10. The quantitative estimate of drug-likeness (QED) is 0.219. The standard InChI is InChI=1S/C22H44O5/c1-2-3-4-11-14-21(24)15-12-9-7-5-6-8-10-13-16-22(25)27-20-19-26-18-17-23/h21,23-24H,2-20H2,1H3. The molecular formula is C22H44O5. The van der Waals surface area contributed by atoms with Gasteiger partial charge in [0.05, 0.1) is 25.9 Å². The molecule has 0 bridgehead atoms. The lowest BCUT2D eigenvalue weighted by Gasteiger charge is -2.10. The van der Waals surface area contributed by atoms with Gasteiger partial charge in [-0.15, -0.1) is 0 Å². The van der Waals surface area contributed by atoms with E-state index in [2.05, 4.69) is 6.92 Å². The fraction of sp³-hybridized carbons (Fsp3) is 0.955. The van der Waals surface area contributed by atoms with E-state index in [4.69, 9.17) is 14.6 Å². The molecule has 0 aliphatic carbocycles. The highest BCUT2D eigenvalue weighted by atomic mass is 16.6. The minimum absolute atomic E-state index is 0.00494. The smallest absolute Gasteiger partial charge is 0.305 e. The summed E-state index contributed by atoms with van der Waals surface area (Å²) in [6, 6.07) is 0. The molecule has 0 amide bonds. The van der Waals surface area contributed by atoms with Crippen molar-refractivity contribution in [1.29, 1.82) is 0 Å². The maximum Gasteiger partial charge on any atom is 0.305 e. The predicted molar refractivity (Wildman–Crippen MR) is 110 cm³/mol. The molecule has 27 heavy (non-hydrogen) atoms. The molecule has 0 spiro atoms. The van der Waals surface area contributed by atoms with E-state index in [0.29, 0.717) is 13.0 Å². The Bertz CT molecular complexity index is 309. The number of hydrogen-bond donors (Lipinski definition) is 2. The van der Waals surface area contributed by atoms with Crippen LogP contribution in [0.3, 0.4) is 0 Å². The lowest BCUT2D eigenvalue weighted by atomic mass is 10.0. The van der Waals surface area contributed by atoms with E-state index in [1.807, 2.05) is 0 Å². The van der Waals surface area contributed by atoms with Gasteiger partial charge in [-0.05, 0) is 19.3 Å². The van der Waals surface area contributed by atoms with Gasteiger partial charge in [0.1, 0.15) is 6.61 Å². The molecule has 0 aromatic heterocycles. The SMILES string of the molecule is CCCCCCC(O)CCCCCCCCCCC(=O)OCCOCCO. The maximum atomic E-state index is 11.5. The Morgan fingerprint density at radius 3 is 1.93 bits per heavy atom. The average molecular weight is 389 g/mol. The van der Waals surface area contributed by atoms with Gasteiger partial charge in [-0.1, -0.05) is 77.6 Å². The second kappa shape index (κ2) is 21.6. The minimum atomic E-state index is -0.157. The summed E-state index contributed by atoms with van der Waals surface area (Å²) in [5.41, 5.74) is 0. The zero-order valence-electron chi connectivity index (χ0n) is 17.6. The number of aliphatic hydroxyl groups is 2. The van der Waals surface area contributed by atoms with Crippen LogP contribution in [0.2, 0.25) is 0 Å². The predicted octanol–water partition coefficient (Wildman–Crippen LogP) is 4.77. The normalized spacial score (nSPS) is 12.3. The van der Waals surface area contributed by atoms with Crippen LogP contribution >= 0.6 is 0 Å². The summed E-state index contributed by atoms with van der Waals surface area (Å²) in [7, 11) is 0. The van der Waals surface area contributed by atoms with Crippen LogP contribution in [0.5, 0.6) is 0 Å². The van der Waals surface area contributed by atoms with Crippen molar-refractivity contribution in [3.05, 3.63) is 0 Å². The Labute approximate surface area is 166 Å². The lowest BCUT2D eigenvalue weighted by Crippen LogP contribution is -2.11. The van der Waals surface area contributed by atoms with Crippen LogP contribution in [0.1, 0.15) is 103 Å². The number of ether oxygens (including phenoxy) is 2. The van der Waals surface area contributed by atoms with Gasteiger partial charge in [0.15, 0.2) is 0 Å². The first-order valence-electron chi connectivity index (χ1n) is 11.2. The summed E-state index contributed by atoms with van der Waals surface area (Å²) in [6.45, 7) is 3.12. The fourth-order valence-electron chi connectivity index (χ4n) is 3.11. The highest BCUT2D eigenvalue weighted by molar-refractivity contribution is 5.69. The number of aliphatic hydroxyl groups excluding tert-OH is 2. The lowest BCUT2D eigenvalue weighted by molar-refractivity contribution is -0.145. The van der Waals surface area contributed by atoms with Crippen LogP contribution < -0.4 is 0 Å². The first-order chi connectivity index (χ1) is 13.2. The van der Waals surface area contributed by atoms with Crippen LogP contribution in [0.4, 0.5) is 0 Å². The van der Waals surface area contributed by atoms with Gasteiger partial charge in [-0.25, -0.2) is 0 Å². The molecule has 0 aromatic rings. The summed E-state index contributed by atoms with van der Waals surface area (Å²) in [6.07, 6.45) is 16.5. The summed E-state index contributed by atoms with van der Waals surface area (Å²) in [4.78, 5) is 11.5. The molecule has 0 saturated carbocycles. The van der Waals surface area contributed by atoms with Crippen molar-refractivity contribution in [2.75, 3.05) is 26.4 Å². The molecule has 1 atom stereocenters. The van der Waals surface area contributed by atoms with Crippen LogP contribution in [0, 0.1) is 0 Å². The molecular weight excluding hydrogens is 344 g/mol. The molecule has 0 radical (unpaired) electrons. The van der Waals surface area contributed by atoms with E-state index in [1.165, 1.54) is 57.8 Å². The fourth-order valence-corrected chi connectivity index (χ4v) is 3.11. The van der Waals surface area contributed by atoms with Crippen molar-refractivity contribution >= 4 is 5.97 Å². The Kier molecular flexibility index (Phi) is 21.1.